The van der Waals surface area contributed by atoms with Crippen LogP contribution in [0, 0.1) is 11.6 Å². The van der Waals surface area contributed by atoms with Gasteiger partial charge in [0, 0.05) is 11.1 Å². The summed E-state index contributed by atoms with van der Waals surface area (Å²) in [5, 5.41) is 17.8. The van der Waals surface area contributed by atoms with Crippen molar-refractivity contribution in [3.8, 4) is 45.3 Å². The number of benzene rings is 4. The van der Waals surface area contributed by atoms with Crippen molar-refractivity contribution >= 4 is 11.9 Å². The maximum absolute atomic E-state index is 13.9. The predicted molar refractivity (Wildman–Crippen MR) is 155 cm³/mol. The van der Waals surface area contributed by atoms with E-state index in [1.165, 1.54) is 47.8 Å². The molecule has 0 aliphatic rings. The van der Waals surface area contributed by atoms with Gasteiger partial charge in [0.1, 0.15) is 34.4 Å². The Hall–Kier alpha value is -6.04. The van der Waals surface area contributed by atoms with E-state index in [0.717, 1.165) is 0 Å². The standard InChI is InChI=1S/C32H22F2N6O4/c1-43-31(41)21-7-3-19(4-8-21)27-29(39(37-35-27)25-15-11-23(33)12-16-25)30-28(20-5-9-22(10-6-20)32(42)44-2)36-38-40(30)26-17-13-24(34)14-18-26/h3-18H,1-2H3. The molecule has 12 heteroatoms. The zero-order valence-corrected chi connectivity index (χ0v) is 23.3. The van der Waals surface area contributed by atoms with E-state index >= 15 is 0 Å². The van der Waals surface area contributed by atoms with Gasteiger partial charge in [-0.05, 0) is 72.8 Å². The third-order valence-electron chi connectivity index (χ3n) is 6.87. The molecule has 2 aromatic heterocycles. The van der Waals surface area contributed by atoms with Gasteiger partial charge in [0.25, 0.3) is 0 Å². The van der Waals surface area contributed by atoms with E-state index in [0.29, 0.717) is 56.4 Å². The normalized spacial score (nSPS) is 10.9. The Morgan fingerprint density at radius 1 is 0.545 bits per heavy atom. The second-order valence-corrected chi connectivity index (χ2v) is 9.49. The van der Waals surface area contributed by atoms with Gasteiger partial charge in [-0.2, -0.15) is 0 Å². The van der Waals surface area contributed by atoms with Crippen LogP contribution in [-0.4, -0.2) is 56.1 Å². The quantitative estimate of drug-likeness (QED) is 0.217. The van der Waals surface area contributed by atoms with Gasteiger partial charge in [-0.1, -0.05) is 34.7 Å². The third-order valence-corrected chi connectivity index (χ3v) is 6.87. The summed E-state index contributed by atoms with van der Waals surface area (Å²) < 4.78 is 40.6. The molecule has 0 unspecified atom stereocenters. The molecular formula is C32H22F2N6O4. The number of carbonyl (C=O) groups excluding carboxylic acids is 2. The van der Waals surface area contributed by atoms with E-state index in [2.05, 4.69) is 20.6 Å². The average Bonchev–Trinajstić information content (AvgIpc) is 3.70. The Bertz CT molecular complexity index is 1820. The van der Waals surface area contributed by atoms with Gasteiger partial charge in [-0.25, -0.2) is 27.7 Å². The van der Waals surface area contributed by atoms with E-state index in [4.69, 9.17) is 9.47 Å². The summed E-state index contributed by atoms with van der Waals surface area (Å²) in [7, 11) is 2.59. The summed E-state index contributed by atoms with van der Waals surface area (Å²) in [5.74, 6) is -1.86. The van der Waals surface area contributed by atoms with Crippen molar-refractivity contribution in [1.82, 2.24) is 30.0 Å². The minimum absolute atomic E-state index is 0.341. The molecule has 0 radical (unpaired) electrons. The first-order chi connectivity index (χ1) is 21.4. The Kier molecular flexibility index (Phi) is 7.46. The highest BCUT2D eigenvalue weighted by molar-refractivity contribution is 5.92. The third kappa shape index (κ3) is 5.20. The number of methoxy groups -OCH3 is 2. The Morgan fingerprint density at radius 2 is 0.886 bits per heavy atom. The number of aromatic nitrogens is 6. The zero-order chi connectivity index (χ0) is 30.8. The van der Waals surface area contributed by atoms with Gasteiger partial charge in [0.15, 0.2) is 0 Å². The predicted octanol–water partition coefficient (Wildman–Crippen LogP) is 5.70. The average molecular weight is 593 g/mol. The second-order valence-electron chi connectivity index (χ2n) is 9.49. The molecule has 6 rings (SSSR count). The lowest BCUT2D eigenvalue weighted by Gasteiger charge is -2.13. The second kappa shape index (κ2) is 11.7. The fourth-order valence-corrected chi connectivity index (χ4v) is 4.67. The number of hydrogen-bond acceptors (Lipinski definition) is 8. The number of carbonyl (C=O) groups is 2. The van der Waals surface area contributed by atoms with Crippen LogP contribution >= 0.6 is 0 Å². The maximum Gasteiger partial charge on any atom is 0.337 e. The minimum Gasteiger partial charge on any atom is -0.465 e. The molecule has 0 saturated carbocycles. The SMILES string of the molecule is COC(=O)c1ccc(-c2nnn(-c3ccc(F)cc3)c2-c2c(-c3ccc(C(=O)OC)cc3)nnn2-c2ccc(F)cc2)cc1. The fourth-order valence-electron chi connectivity index (χ4n) is 4.67. The van der Waals surface area contributed by atoms with Gasteiger partial charge in [-0.15, -0.1) is 10.2 Å². The molecular weight excluding hydrogens is 570 g/mol. The monoisotopic (exact) mass is 592 g/mol. The first kappa shape index (κ1) is 28.1. The van der Waals surface area contributed by atoms with Crippen molar-refractivity contribution in [2.45, 2.75) is 0 Å². The van der Waals surface area contributed by atoms with E-state index < -0.39 is 23.6 Å². The van der Waals surface area contributed by atoms with Crippen LogP contribution in [0.4, 0.5) is 8.78 Å². The largest absolute Gasteiger partial charge is 0.465 e. The van der Waals surface area contributed by atoms with Crippen molar-refractivity contribution in [3.63, 3.8) is 0 Å². The molecule has 0 N–H and O–H groups in total. The highest BCUT2D eigenvalue weighted by atomic mass is 19.1. The van der Waals surface area contributed by atoms with Gasteiger partial charge in [0.05, 0.1) is 36.7 Å². The van der Waals surface area contributed by atoms with Crippen LogP contribution in [0.2, 0.25) is 0 Å². The van der Waals surface area contributed by atoms with E-state index in [-0.39, 0.29) is 0 Å². The Labute approximate surface area is 249 Å². The van der Waals surface area contributed by atoms with E-state index in [1.54, 1.807) is 72.8 Å². The topological polar surface area (TPSA) is 114 Å². The van der Waals surface area contributed by atoms with Crippen molar-refractivity contribution in [3.05, 3.63) is 120 Å². The number of hydrogen-bond donors (Lipinski definition) is 0. The summed E-state index contributed by atoms with van der Waals surface area (Å²) in [5.41, 5.74) is 4.48. The summed E-state index contributed by atoms with van der Waals surface area (Å²) >= 11 is 0. The highest BCUT2D eigenvalue weighted by Gasteiger charge is 2.28. The summed E-state index contributed by atoms with van der Waals surface area (Å²) in [6.07, 6.45) is 0. The summed E-state index contributed by atoms with van der Waals surface area (Å²) in [4.78, 5) is 24.2. The minimum atomic E-state index is -0.497. The van der Waals surface area contributed by atoms with Gasteiger partial charge < -0.3 is 9.47 Å². The summed E-state index contributed by atoms with van der Waals surface area (Å²) in [6, 6.07) is 24.6. The lowest BCUT2D eigenvalue weighted by atomic mass is 10.0. The molecule has 0 atom stereocenters. The number of esters is 2. The van der Waals surface area contributed by atoms with Crippen LogP contribution in [0.25, 0.3) is 45.3 Å². The molecule has 44 heavy (non-hydrogen) atoms. The van der Waals surface area contributed by atoms with Crippen molar-refractivity contribution in [2.24, 2.45) is 0 Å². The van der Waals surface area contributed by atoms with Crippen LogP contribution in [0.1, 0.15) is 20.7 Å². The van der Waals surface area contributed by atoms with Crippen LogP contribution in [0.3, 0.4) is 0 Å². The fraction of sp³-hybridized carbons (Fsp3) is 0.0625. The number of halogens is 2. The first-order valence-corrected chi connectivity index (χ1v) is 13.2. The zero-order valence-electron chi connectivity index (χ0n) is 23.3. The van der Waals surface area contributed by atoms with Crippen LogP contribution in [0.15, 0.2) is 97.1 Å². The number of nitrogens with zero attached hydrogens (tertiary/aromatic N) is 6. The van der Waals surface area contributed by atoms with Gasteiger partial charge in [0.2, 0.25) is 0 Å². The molecule has 6 aromatic rings. The van der Waals surface area contributed by atoms with Crippen molar-refractivity contribution in [1.29, 1.82) is 0 Å². The lowest BCUT2D eigenvalue weighted by molar-refractivity contribution is 0.0592. The molecule has 4 aromatic carbocycles. The molecule has 0 fully saturated rings. The first-order valence-electron chi connectivity index (χ1n) is 13.2. The molecule has 218 valence electrons. The highest BCUT2D eigenvalue weighted by Crippen LogP contribution is 2.38. The molecule has 0 amide bonds. The van der Waals surface area contributed by atoms with E-state index in [1.807, 2.05) is 0 Å². The molecule has 0 aliphatic heterocycles. The van der Waals surface area contributed by atoms with Gasteiger partial charge >= 0.3 is 11.9 Å². The molecule has 0 aliphatic carbocycles. The summed E-state index contributed by atoms with van der Waals surface area (Å²) in [6.45, 7) is 0. The van der Waals surface area contributed by atoms with Gasteiger partial charge in [-0.3, -0.25) is 0 Å². The Balaban J connectivity index is 1.63. The smallest absolute Gasteiger partial charge is 0.337 e. The molecule has 0 bridgehead atoms. The lowest BCUT2D eigenvalue weighted by Crippen LogP contribution is -2.06. The molecule has 0 spiro atoms. The Morgan fingerprint density at radius 3 is 1.20 bits per heavy atom. The van der Waals surface area contributed by atoms with E-state index in [9.17, 15) is 18.4 Å². The number of ether oxygens (including phenoxy) is 2. The van der Waals surface area contributed by atoms with Crippen molar-refractivity contribution < 1.29 is 27.8 Å². The molecule has 2 heterocycles. The van der Waals surface area contributed by atoms with Crippen LogP contribution in [-0.2, 0) is 9.47 Å². The van der Waals surface area contributed by atoms with Crippen LogP contribution in [0.5, 0.6) is 0 Å². The maximum atomic E-state index is 13.9. The van der Waals surface area contributed by atoms with Crippen LogP contribution < -0.4 is 0 Å². The number of rotatable bonds is 7. The molecule has 10 nitrogen and oxygen atoms in total. The van der Waals surface area contributed by atoms with Crippen molar-refractivity contribution in [2.75, 3.05) is 14.2 Å². The molecule has 0 saturated heterocycles.